The Kier molecular flexibility index (Phi) is 4.93. The average Bonchev–Trinajstić information content (AvgIpc) is 3.24. The van der Waals surface area contributed by atoms with Crippen LogP contribution in [0.3, 0.4) is 0 Å². The molecular weight excluding hydrogens is 306 g/mol. The summed E-state index contributed by atoms with van der Waals surface area (Å²) in [5, 5.41) is 2.08. The molecule has 0 N–H and O–H groups in total. The Morgan fingerprint density at radius 3 is 2.74 bits per heavy atom. The van der Waals surface area contributed by atoms with Crippen LogP contribution in [0, 0.1) is 0 Å². The number of aromatic nitrogens is 1. The lowest BCUT2D eigenvalue weighted by Crippen LogP contribution is -2.04. The number of ether oxygens (including phenoxy) is 1. The lowest BCUT2D eigenvalue weighted by Gasteiger charge is -2.16. The van der Waals surface area contributed by atoms with Crippen LogP contribution in [-0.2, 0) is 11.2 Å². The largest absolute Gasteiger partial charge is 0.495 e. The maximum atomic E-state index is 10.6. The molecule has 1 aromatic carbocycles. The van der Waals surface area contributed by atoms with Crippen LogP contribution in [0.2, 0.25) is 0 Å². The number of methoxy groups -OCH3 is 1. The molecular formula is C19H19NO2S. The maximum Gasteiger partial charge on any atom is 0.142 e. The molecule has 0 saturated heterocycles. The number of unbranched alkanes of at least 4 members (excludes halogenated alkanes) is 1. The quantitative estimate of drug-likeness (QED) is 0.464. The van der Waals surface area contributed by atoms with Gasteiger partial charge in [-0.05, 0) is 48.6 Å². The second kappa shape index (κ2) is 7.29. The van der Waals surface area contributed by atoms with Crippen molar-refractivity contribution in [2.45, 2.75) is 19.3 Å². The molecule has 0 radical (unpaired) electrons. The first-order chi connectivity index (χ1) is 11.3. The summed E-state index contributed by atoms with van der Waals surface area (Å²) in [5.74, 6) is 0.846. The minimum Gasteiger partial charge on any atom is -0.495 e. The summed E-state index contributed by atoms with van der Waals surface area (Å²) >= 11 is 1.72. The van der Waals surface area contributed by atoms with E-state index in [0.717, 1.165) is 36.3 Å². The third kappa shape index (κ3) is 3.22. The fraction of sp³-hybridized carbons (Fsp3) is 0.211. The zero-order valence-electron chi connectivity index (χ0n) is 13.1. The van der Waals surface area contributed by atoms with Crippen LogP contribution in [-0.4, -0.2) is 18.0 Å². The predicted molar refractivity (Wildman–Crippen MR) is 94.6 cm³/mol. The van der Waals surface area contributed by atoms with Gasteiger partial charge in [-0.15, -0.1) is 11.3 Å². The Morgan fingerprint density at radius 1 is 1.13 bits per heavy atom. The molecule has 0 amide bonds. The number of hydrogen-bond donors (Lipinski definition) is 0. The van der Waals surface area contributed by atoms with E-state index in [1.165, 1.54) is 10.6 Å². The molecule has 0 aliphatic heterocycles. The van der Waals surface area contributed by atoms with Crippen LogP contribution in [0.1, 0.15) is 18.5 Å². The highest BCUT2D eigenvalue weighted by molar-refractivity contribution is 7.13. The molecule has 0 unspecified atom stereocenters. The molecule has 3 nitrogen and oxygen atoms in total. The molecule has 3 aromatic rings. The van der Waals surface area contributed by atoms with Gasteiger partial charge in [-0.1, -0.05) is 18.2 Å². The number of carbonyl (C=O) groups is 1. The van der Waals surface area contributed by atoms with E-state index in [1.807, 2.05) is 18.2 Å². The molecule has 0 aliphatic carbocycles. The molecule has 0 spiro atoms. The summed E-state index contributed by atoms with van der Waals surface area (Å²) in [6, 6.07) is 16.5. The maximum absolute atomic E-state index is 10.6. The first kappa shape index (κ1) is 15.6. The van der Waals surface area contributed by atoms with Gasteiger partial charge in [0.05, 0.1) is 23.4 Å². The highest BCUT2D eigenvalue weighted by Crippen LogP contribution is 2.34. The van der Waals surface area contributed by atoms with E-state index in [4.69, 9.17) is 4.74 Å². The molecule has 2 heterocycles. The van der Waals surface area contributed by atoms with Gasteiger partial charge >= 0.3 is 0 Å². The van der Waals surface area contributed by atoms with Crippen molar-refractivity contribution in [3.63, 3.8) is 0 Å². The molecule has 0 aliphatic rings. The molecule has 0 saturated carbocycles. The lowest BCUT2D eigenvalue weighted by molar-refractivity contribution is -0.107. The van der Waals surface area contributed by atoms with Crippen molar-refractivity contribution in [2.75, 3.05) is 7.11 Å². The van der Waals surface area contributed by atoms with Gasteiger partial charge in [0.25, 0.3) is 0 Å². The fourth-order valence-corrected chi connectivity index (χ4v) is 3.50. The van der Waals surface area contributed by atoms with Gasteiger partial charge in [0, 0.05) is 12.1 Å². The van der Waals surface area contributed by atoms with Gasteiger partial charge in [0.2, 0.25) is 0 Å². The highest BCUT2D eigenvalue weighted by atomic mass is 32.1. The van der Waals surface area contributed by atoms with Crippen LogP contribution in [0.4, 0.5) is 0 Å². The van der Waals surface area contributed by atoms with Crippen molar-refractivity contribution in [3.8, 4) is 22.0 Å². The monoisotopic (exact) mass is 325 g/mol. The SMILES string of the molecule is COc1ccccc1-n1c(CCCC=O)ccc1-c1cccs1. The summed E-state index contributed by atoms with van der Waals surface area (Å²) in [4.78, 5) is 11.8. The summed E-state index contributed by atoms with van der Waals surface area (Å²) in [6.07, 6.45) is 3.29. The summed E-state index contributed by atoms with van der Waals surface area (Å²) in [7, 11) is 1.69. The van der Waals surface area contributed by atoms with E-state index in [9.17, 15) is 4.79 Å². The minimum absolute atomic E-state index is 0.589. The number of carbonyl (C=O) groups excluding carboxylic acids is 1. The van der Waals surface area contributed by atoms with Crippen LogP contribution in [0.5, 0.6) is 5.75 Å². The Balaban J connectivity index is 2.10. The lowest BCUT2D eigenvalue weighted by atomic mass is 10.2. The van der Waals surface area contributed by atoms with Crippen LogP contribution in [0.15, 0.2) is 53.9 Å². The zero-order chi connectivity index (χ0) is 16.1. The number of thiophene rings is 1. The molecule has 0 bridgehead atoms. The summed E-state index contributed by atoms with van der Waals surface area (Å²) in [6.45, 7) is 0. The number of aldehydes is 1. The Bertz CT molecular complexity index is 775. The topological polar surface area (TPSA) is 31.2 Å². The second-order valence-electron chi connectivity index (χ2n) is 5.25. The minimum atomic E-state index is 0.589. The van der Waals surface area contributed by atoms with Gasteiger partial charge < -0.3 is 14.1 Å². The van der Waals surface area contributed by atoms with Crippen LogP contribution < -0.4 is 4.74 Å². The van der Waals surface area contributed by atoms with Gasteiger partial charge in [0.15, 0.2) is 0 Å². The van der Waals surface area contributed by atoms with Crippen molar-refractivity contribution < 1.29 is 9.53 Å². The van der Waals surface area contributed by atoms with E-state index < -0.39 is 0 Å². The average molecular weight is 325 g/mol. The number of aryl methyl sites for hydroxylation is 1. The molecule has 2 aromatic heterocycles. The van der Waals surface area contributed by atoms with E-state index in [2.05, 4.69) is 40.3 Å². The Morgan fingerprint density at radius 2 is 2.00 bits per heavy atom. The molecule has 3 rings (SSSR count). The molecule has 23 heavy (non-hydrogen) atoms. The second-order valence-corrected chi connectivity index (χ2v) is 6.20. The molecule has 118 valence electrons. The number of benzene rings is 1. The summed E-state index contributed by atoms with van der Waals surface area (Å²) < 4.78 is 7.79. The van der Waals surface area contributed by atoms with Gasteiger partial charge in [-0.25, -0.2) is 0 Å². The van der Waals surface area contributed by atoms with E-state index in [0.29, 0.717) is 6.42 Å². The van der Waals surface area contributed by atoms with Crippen LogP contribution >= 0.6 is 11.3 Å². The summed E-state index contributed by atoms with van der Waals surface area (Å²) in [5.41, 5.74) is 3.38. The van der Waals surface area contributed by atoms with Gasteiger partial charge in [-0.2, -0.15) is 0 Å². The van der Waals surface area contributed by atoms with Crippen molar-refractivity contribution in [1.82, 2.24) is 4.57 Å². The standard InChI is InChI=1S/C19H19NO2S/c1-22-18-9-3-2-8-16(18)20-15(7-4-5-13-21)11-12-17(20)19-10-6-14-23-19/h2-3,6,8-14H,4-5,7H2,1H3. The molecule has 4 heteroatoms. The van der Waals surface area contributed by atoms with Gasteiger partial charge in [0.1, 0.15) is 12.0 Å². The first-order valence-electron chi connectivity index (χ1n) is 7.66. The van der Waals surface area contributed by atoms with Crippen molar-refractivity contribution in [1.29, 1.82) is 0 Å². The smallest absolute Gasteiger partial charge is 0.142 e. The third-order valence-corrected chi connectivity index (χ3v) is 4.71. The van der Waals surface area contributed by atoms with E-state index in [1.54, 1.807) is 18.4 Å². The van der Waals surface area contributed by atoms with Gasteiger partial charge in [-0.3, -0.25) is 0 Å². The van der Waals surface area contributed by atoms with E-state index in [-0.39, 0.29) is 0 Å². The van der Waals surface area contributed by atoms with Crippen molar-refractivity contribution >= 4 is 17.6 Å². The zero-order valence-corrected chi connectivity index (χ0v) is 13.9. The first-order valence-corrected chi connectivity index (χ1v) is 8.54. The highest BCUT2D eigenvalue weighted by Gasteiger charge is 2.15. The number of para-hydroxylation sites is 2. The Labute approximate surface area is 140 Å². The van der Waals surface area contributed by atoms with Crippen molar-refractivity contribution in [2.24, 2.45) is 0 Å². The number of rotatable bonds is 7. The predicted octanol–water partition coefficient (Wildman–Crippen LogP) is 4.74. The number of nitrogens with zero attached hydrogens (tertiary/aromatic N) is 1. The number of hydrogen-bond acceptors (Lipinski definition) is 3. The molecule has 0 fully saturated rings. The third-order valence-electron chi connectivity index (χ3n) is 3.82. The van der Waals surface area contributed by atoms with E-state index >= 15 is 0 Å². The van der Waals surface area contributed by atoms with Crippen molar-refractivity contribution in [3.05, 3.63) is 59.6 Å². The fourth-order valence-electron chi connectivity index (χ4n) is 2.76. The Hall–Kier alpha value is -2.33. The molecule has 0 atom stereocenters. The van der Waals surface area contributed by atoms with Crippen LogP contribution in [0.25, 0.3) is 16.3 Å². The normalized spacial score (nSPS) is 10.7.